The SMILES string of the molecule is C=NNC1CCCN(C(=O)OC(C)(C)C)C1. The topological polar surface area (TPSA) is 53.9 Å². The summed E-state index contributed by atoms with van der Waals surface area (Å²) in [6.45, 7) is 10.4. The summed E-state index contributed by atoms with van der Waals surface area (Å²) in [6, 6.07) is 0.193. The molecule has 16 heavy (non-hydrogen) atoms. The molecule has 1 fully saturated rings. The van der Waals surface area contributed by atoms with Gasteiger partial charge in [0.1, 0.15) is 5.60 Å². The fourth-order valence-electron chi connectivity index (χ4n) is 1.70. The number of nitrogens with one attached hydrogen (secondary N) is 1. The van der Waals surface area contributed by atoms with Crippen molar-refractivity contribution in [3.8, 4) is 0 Å². The average Bonchev–Trinajstić information content (AvgIpc) is 2.16. The highest BCUT2D eigenvalue weighted by Crippen LogP contribution is 2.15. The maximum Gasteiger partial charge on any atom is 0.410 e. The van der Waals surface area contributed by atoms with Crippen molar-refractivity contribution in [1.29, 1.82) is 0 Å². The van der Waals surface area contributed by atoms with E-state index in [9.17, 15) is 4.79 Å². The van der Waals surface area contributed by atoms with Crippen LogP contribution in [0.4, 0.5) is 4.79 Å². The van der Waals surface area contributed by atoms with Gasteiger partial charge in [-0.3, -0.25) is 0 Å². The number of likely N-dealkylation sites (tertiary alicyclic amines) is 1. The van der Waals surface area contributed by atoms with Gasteiger partial charge in [-0.2, -0.15) is 5.10 Å². The second kappa shape index (κ2) is 5.18. The second-order valence-corrected chi connectivity index (χ2v) is 5.05. The molecule has 0 aromatic heterocycles. The second-order valence-electron chi connectivity index (χ2n) is 5.05. The fourth-order valence-corrected chi connectivity index (χ4v) is 1.70. The van der Waals surface area contributed by atoms with Crippen LogP contribution in [-0.2, 0) is 4.74 Å². The Morgan fingerprint density at radius 3 is 2.81 bits per heavy atom. The Kier molecular flexibility index (Phi) is 4.15. The van der Waals surface area contributed by atoms with E-state index in [2.05, 4.69) is 17.2 Å². The highest BCUT2D eigenvalue weighted by atomic mass is 16.6. The molecule has 0 aliphatic carbocycles. The molecule has 1 rings (SSSR count). The van der Waals surface area contributed by atoms with Gasteiger partial charge in [0.2, 0.25) is 0 Å². The van der Waals surface area contributed by atoms with Gasteiger partial charge < -0.3 is 15.1 Å². The fraction of sp³-hybridized carbons (Fsp3) is 0.818. The molecule has 0 aromatic rings. The van der Waals surface area contributed by atoms with Crippen LogP contribution in [0.1, 0.15) is 33.6 Å². The van der Waals surface area contributed by atoms with Gasteiger partial charge in [-0.25, -0.2) is 4.79 Å². The van der Waals surface area contributed by atoms with E-state index in [1.165, 1.54) is 0 Å². The molecular formula is C11H21N3O2. The number of rotatable bonds is 2. The third-order valence-corrected chi connectivity index (χ3v) is 2.35. The lowest BCUT2D eigenvalue weighted by molar-refractivity contribution is 0.0188. The summed E-state index contributed by atoms with van der Waals surface area (Å²) in [5, 5.41) is 3.65. The Bertz CT molecular complexity index is 260. The van der Waals surface area contributed by atoms with Crippen molar-refractivity contribution < 1.29 is 9.53 Å². The van der Waals surface area contributed by atoms with Crippen molar-refractivity contribution in [1.82, 2.24) is 10.3 Å². The van der Waals surface area contributed by atoms with Gasteiger partial charge in [0, 0.05) is 19.8 Å². The lowest BCUT2D eigenvalue weighted by Gasteiger charge is -2.33. The molecule has 0 saturated carbocycles. The van der Waals surface area contributed by atoms with Crippen LogP contribution in [0.3, 0.4) is 0 Å². The molecule has 1 unspecified atom stereocenters. The molecule has 1 heterocycles. The normalized spacial score (nSPS) is 21.4. The molecule has 0 aromatic carbocycles. The van der Waals surface area contributed by atoms with Crippen LogP contribution in [0.5, 0.6) is 0 Å². The number of hydrogen-bond acceptors (Lipinski definition) is 4. The van der Waals surface area contributed by atoms with Crippen molar-refractivity contribution in [2.45, 2.75) is 45.3 Å². The number of hydrogen-bond donors (Lipinski definition) is 1. The molecule has 1 aliphatic heterocycles. The Hall–Kier alpha value is -1.26. The van der Waals surface area contributed by atoms with E-state index < -0.39 is 5.60 Å². The first-order valence-electron chi connectivity index (χ1n) is 5.61. The predicted octanol–water partition coefficient (Wildman–Crippen LogP) is 1.59. The van der Waals surface area contributed by atoms with Crippen LogP contribution in [0.25, 0.3) is 0 Å². The number of piperidine rings is 1. The predicted molar refractivity (Wildman–Crippen MR) is 63.5 cm³/mol. The van der Waals surface area contributed by atoms with Gasteiger partial charge in [-0.15, -0.1) is 0 Å². The van der Waals surface area contributed by atoms with E-state index in [1.807, 2.05) is 20.8 Å². The number of ether oxygens (including phenoxy) is 1. The van der Waals surface area contributed by atoms with Gasteiger partial charge in [-0.1, -0.05) is 0 Å². The van der Waals surface area contributed by atoms with Crippen molar-refractivity contribution in [3.63, 3.8) is 0 Å². The number of carbonyl (C=O) groups is 1. The minimum Gasteiger partial charge on any atom is -0.444 e. The molecule has 92 valence electrons. The smallest absolute Gasteiger partial charge is 0.410 e. The molecular weight excluding hydrogens is 206 g/mol. The van der Waals surface area contributed by atoms with Gasteiger partial charge in [0.25, 0.3) is 0 Å². The van der Waals surface area contributed by atoms with E-state index in [1.54, 1.807) is 4.90 Å². The highest BCUT2D eigenvalue weighted by Gasteiger charge is 2.27. The molecule has 0 bridgehead atoms. The van der Waals surface area contributed by atoms with E-state index in [0.717, 1.165) is 19.4 Å². The molecule has 0 spiro atoms. The Morgan fingerprint density at radius 1 is 1.56 bits per heavy atom. The molecule has 0 radical (unpaired) electrons. The summed E-state index contributed by atoms with van der Waals surface area (Å²) >= 11 is 0. The van der Waals surface area contributed by atoms with Crippen LogP contribution in [0, 0.1) is 0 Å². The summed E-state index contributed by atoms with van der Waals surface area (Å²) in [7, 11) is 0. The van der Waals surface area contributed by atoms with Crippen molar-refractivity contribution in [2.75, 3.05) is 13.1 Å². The van der Waals surface area contributed by atoms with Crippen LogP contribution < -0.4 is 5.43 Å². The number of amides is 1. The number of carbonyl (C=O) groups excluding carboxylic acids is 1. The summed E-state index contributed by atoms with van der Waals surface area (Å²) in [5.41, 5.74) is 2.46. The average molecular weight is 227 g/mol. The highest BCUT2D eigenvalue weighted by molar-refractivity contribution is 5.68. The third-order valence-electron chi connectivity index (χ3n) is 2.35. The Balaban J connectivity index is 2.47. The molecule has 5 nitrogen and oxygen atoms in total. The molecule has 5 heteroatoms. The molecule has 1 atom stereocenters. The van der Waals surface area contributed by atoms with Crippen molar-refractivity contribution in [3.05, 3.63) is 0 Å². The zero-order chi connectivity index (χ0) is 12.2. The van der Waals surface area contributed by atoms with E-state index >= 15 is 0 Å². The van der Waals surface area contributed by atoms with E-state index in [-0.39, 0.29) is 12.1 Å². The van der Waals surface area contributed by atoms with Crippen LogP contribution in [0.2, 0.25) is 0 Å². The molecule has 1 aliphatic rings. The van der Waals surface area contributed by atoms with Crippen LogP contribution in [0.15, 0.2) is 5.10 Å². The summed E-state index contributed by atoms with van der Waals surface area (Å²) < 4.78 is 5.32. The molecule has 1 saturated heterocycles. The van der Waals surface area contributed by atoms with Gasteiger partial charge in [0.15, 0.2) is 0 Å². The minimum absolute atomic E-state index is 0.193. The largest absolute Gasteiger partial charge is 0.444 e. The number of hydrazone groups is 1. The van der Waals surface area contributed by atoms with Gasteiger partial charge in [-0.05, 0) is 33.6 Å². The molecule has 1 amide bonds. The zero-order valence-electron chi connectivity index (χ0n) is 10.3. The summed E-state index contributed by atoms with van der Waals surface area (Å²) in [4.78, 5) is 13.5. The van der Waals surface area contributed by atoms with Gasteiger partial charge in [0.05, 0.1) is 6.04 Å². The maximum atomic E-state index is 11.8. The standard InChI is InChI=1S/C11H21N3O2/c1-11(2,3)16-10(15)14-7-5-6-9(8-14)13-12-4/h9,13H,4-8H2,1-3H3. The third kappa shape index (κ3) is 4.08. The Morgan fingerprint density at radius 2 is 2.25 bits per heavy atom. The quantitative estimate of drug-likeness (QED) is 0.575. The lowest BCUT2D eigenvalue weighted by atomic mass is 10.1. The van der Waals surface area contributed by atoms with Crippen molar-refractivity contribution in [2.24, 2.45) is 5.10 Å². The Labute approximate surface area is 96.8 Å². The van der Waals surface area contributed by atoms with E-state index in [0.29, 0.717) is 6.54 Å². The summed E-state index contributed by atoms with van der Waals surface area (Å²) in [5.74, 6) is 0. The monoisotopic (exact) mass is 227 g/mol. The van der Waals surface area contributed by atoms with Crippen LogP contribution >= 0.6 is 0 Å². The van der Waals surface area contributed by atoms with Gasteiger partial charge >= 0.3 is 6.09 Å². The first kappa shape index (κ1) is 12.8. The first-order valence-corrected chi connectivity index (χ1v) is 5.61. The minimum atomic E-state index is -0.436. The summed E-state index contributed by atoms with van der Waals surface area (Å²) in [6.07, 6.45) is 1.73. The zero-order valence-corrected chi connectivity index (χ0v) is 10.3. The van der Waals surface area contributed by atoms with Crippen LogP contribution in [-0.4, -0.2) is 42.4 Å². The van der Waals surface area contributed by atoms with Crippen molar-refractivity contribution >= 4 is 12.8 Å². The lowest BCUT2D eigenvalue weighted by Crippen LogP contribution is -2.48. The first-order chi connectivity index (χ1) is 7.42. The van der Waals surface area contributed by atoms with E-state index in [4.69, 9.17) is 4.74 Å². The number of nitrogens with zero attached hydrogens (tertiary/aromatic N) is 2. The maximum absolute atomic E-state index is 11.8. The molecule has 1 N–H and O–H groups in total.